The summed E-state index contributed by atoms with van der Waals surface area (Å²) in [6.45, 7) is 0.985. The fourth-order valence-corrected chi connectivity index (χ4v) is 1.93. The van der Waals surface area contributed by atoms with Crippen molar-refractivity contribution in [3.8, 4) is 0 Å². The van der Waals surface area contributed by atoms with Crippen LogP contribution in [0.2, 0.25) is 0 Å². The molecular formula is C11H16N4O3. The Bertz CT molecular complexity index is 443. The number of carbonyl (C=O) groups is 2. The minimum atomic E-state index is -0.846. The number of hydrogen-bond acceptors (Lipinski definition) is 4. The molecule has 0 radical (unpaired) electrons. The van der Waals surface area contributed by atoms with Crippen molar-refractivity contribution < 1.29 is 14.7 Å². The monoisotopic (exact) mass is 252 g/mol. The number of rotatable bonds is 5. The molecule has 1 unspecified atom stereocenters. The van der Waals surface area contributed by atoms with Gasteiger partial charge >= 0.3 is 5.97 Å². The van der Waals surface area contributed by atoms with Gasteiger partial charge in [-0.25, -0.2) is 4.98 Å². The van der Waals surface area contributed by atoms with Gasteiger partial charge in [0.15, 0.2) is 0 Å². The largest absolute Gasteiger partial charge is 0.481 e. The van der Waals surface area contributed by atoms with Crippen LogP contribution in [0.1, 0.15) is 24.2 Å². The molecule has 98 valence electrons. The smallest absolute Gasteiger partial charge is 0.303 e. The maximum Gasteiger partial charge on any atom is 0.303 e. The number of amides is 1. The second-order valence-corrected chi connectivity index (χ2v) is 4.25. The summed E-state index contributed by atoms with van der Waals surface area (Å²) in [5, 5.41) is 14.3. The van der Waals surface area contributed by atoms with Crippen LogP contribution < -0.4 is 10.6 Å². The molecular weight excluding hydrogens is 236 g/mol. The highest BCUT2D eigenvalue weighted by Crippen LogP contribution is 2.11. The molecule has 1 aliphatic heterocycles. The lowest BCUT2D eigenvalue weighted by Gasteiger charge is -2.22. The quantitative estimate of drug-likeness (QED) is 0.524. The Morgan fingerprint density at radius 2 is 2.39 bits per heavy atom. The van der Waals surface area contributed by atoms with Gasteiger partial charge in [0.25, 0.3) is 0 Å². The van der Waals surface area contributed by atoms with E-state index in [1.165, 1.54) is 0 Å². The summed E-state index contributed by atoms with van der Waals surface area (Å²) in [5.74, 6) is -0.949. The van der Waals surface area contributed by atoms with Crippen molar-refractivity contribution in [2.45, 2.75) is 31.8 Å². The lowest BCUT2D eigenvalue weighted by Crippen LogP contribution is -2.47. The second-order valence-electron chi connectivity index (χ2n) is 4.25. The van der Waals surface area contributed by atoms with Crippen LogP contribution in [-0.2, 0) is 22.6 Å². The molecule has 0 saturated carbocycles. The lowest BCUT2D eigenvalue weighted by atomic mass is 10.0. The van der Waals surface area contributed by atoms with Gasteiger partial charge in [-0.15, -0.1) is 0 Å². The van der Waals surface area contributed by atoms with Gasteiger partial charge < -0.3 is 15.4 Å². The summed E-state index contributed by atoms with van der Waals surface area (Å²) in [7, 11) is 0. The standard InChI is InChI=1S/C11H16N4O3/c16-10(17)2-1-3-12-11(18)8-4-7-9(5-13-8)15-6-14-7/h6,8,13H,1-5H2,(H,12,18)(H,14,15)(H,16,17). The summed E-state index contributed by atoms with van der Waals surface area (Å²) < 4.78 is 0. The number of aromatic nitrogens is 2. The molecule has 1 aromatic rings. The van der Waals surface area contributed by atoms with Crippen molar-refractivity contribution >= 4 is 11.9 Å². The number of nitrogens with one attached hydrogen (secondary N) is 3. The minimum Gasteiger partial charge on any atom is -0.481 e. The number of carboxylic acid groups (broad SMARTS) is 1. The molecule has 1 aliphatic rings. The molecule has 0 aromatic carbocycles. The SMILES string of the molecule is O=C(O)CCCNC(=O)C1Cc2nc[nH]c2CN1. The zero-order valence-corrected chi connectivity index (χ0v) is 9.90. The molecule has 1 aromatic heterocycles. The number of aliphatic carboxylic acids is 1. The summed E-state index contributed by atoms with van der Waals surface area (Å²) in [4.78, 5) is 29.3. The Kier molecular flexibility index (Phi) is 3.93. The van der Waals surface area contributed by atoms with Crippen LogP contribution in [0, 0.1) is 0 Å². The van der Waals surface area contributed by atoms with E-state index in [1.54, 1.807) is 6.33 Å². The predicted molar refractivity (Wildman–Crippen MR) is 62.8 cm³/mol. The third-order valence-electron chi connectivity index (χ3n) is 2.91. The highest BCUT2D eigenvalue weighted by molar-refractivity contribution is 5.82. The number of carboxylic acids is 1. The van der Waals surface area contributed by atoms with Gasteiger partial charge in [-0.1, -0.05) is 0 Å². The Hall–Kier alpha value is -1.89. The number of imidazole rings is 1. The van der Waals surface area contributed by atoms with Crippen molar-refractivity contribution in [2.75, 3.05) is 6.54 Å². The zero-order valence-electron chi connectivity index (χ0n) is 9.90. The van der Waals surface area contributed by atoms with Gasteiger partial charge in [0.1, 0.15) is 0 Å². The second kappa shape index (κ2) is 5.63. The fraction of sp³-hybridized carbons (Fsp3) is 0.545. The number of nitrogens with zero attached hydrogens (tertiary/aromatic N) is 1. The molecule has 4 N–H and O–H groups in total. The van der Waals surface area contributed by atoms with Crippen LogP contribution in [-0.4, -0.2) is 39.5 Å². The number of hydrogen-bond donors (Lipinski definition) is 4. The van der Waals surface area contributed by atoms with Crippen LogP contribution in [0.5, 0.6) is 0 Å². The summed E-state index contributed by atoms with van der Waals surface area (Å²) in [6.07, 6.45) is 2.70. The first kappa shape index (κ1) is 12.6. The van der Waals surface area contributed by atoms with Crippen molar-refractivity contribution in [2.24, 2.45) is 0 Å². The predicted octanol–water partition coefficient (Wildman–Crippen LogP) is -0.595. The first-order valence-electron chi connectivity index (χ1n) is 5.91. The van der Waals surface area contributed by atoms with Crippen LogP contribution in [0.3, 0.4) is 0 Å². The molecule has 0 fully saturated rings. The molecule has 0 bridgehead atoms. The van der Waals surface area contributed by atoms with Gasteiger partial charge in [-0.2, -0.15) is 0 Å². The molecule has 0 spiro atoms. The minimum absolute atomic E-state index is 0.0713. The summed E-state index contributed by atoms with van der Waals surface area (Å²) >= 11 is 0. The van der Waals surface area contributed by atoms with E-state index in [4.69, 9.17) is 5.11 Å². The van der Waals surface area contributed by atoms with Crippen LogP contribution >= 0.6 is 0 Å². The molecule has 1 atom stereocenters. The van der Waals surface area contributed by atoms with Crippen molar-refractivity contribution in [3.63, 3.8) is 0 Å². The molecule has 2 heterocycles. The number of carbonyl (C=O) groups excluding carboxylic acids is 1. The molecule has 2 rings (SSSR count). The third-order valence-corrected chi connectivity index (χ3v) is 2.91. The van der Waals surface area contributed by atoms with Gasteiger partial charge in [0.2, 0.25) is 5.91 Å². The average molecular weight is 252 g/mol. The van der Waals surface area contributed by atoms with Crippen LogP contribution in [0.4, 0.5) is 0 Å². The molecule has 7 heteroatoms. The van der Waals surface area contributed by atoms with E-state index in [0.717, 1.165) is 11.4 Å². The third kappa shape index (κ3) is 3.07. The fourth-order valence-electron chi connectivity index (χ4n) is 1.93. The van der Waals surface area contributed by atoms with Crippen LogP contribution in [0.15, 0.2) is 6.33 Å². The Morgan fingerprint density at radius 1 is 1.56 bits per heavy atom. The van der Waals surface area contributed by atoms with E-state index in [2.05, 4.69) is 20.6 Å². The maximum atomic E-state index is 11.8. The van der Waals surface area contributed by atoms with Gasteiger partial charge in [0, 0.05) is 25.9 Å². The molecule has 0 aliphatic carbocycles. The van der Waals surface area contributed by atoms with E-state index in [0.29, 0.717) is 25.9 Å². The molecule has 18 heavy (non-hydrogen) atoms. The van der Waals surface area contributed by atoms with E-state index in [1.807, 2.05) is 0 Å². The Morgan fingerprint density at radius 3 is 3.17 bits per heavy atom. The number of fused-ring (bicyclic) bond motifs is 1. The van der Waals surface area contributed by atoms with E-state index in [-0.39, 0.29) is 18.4 Å². The molecule has 7 nitrogen and oxygen atoms in total. The average Bonchev–Trinajstić information content (AvgIpc) is 2.81. The van der Waals surface area contributed by atoms with Crippen molar-refractivity contribution in [3.05, 3.63) is 17.7 Å². The number of H-pyrrole nitrogens is 1. The van der Waals surface area contributed by atoms with Crippen molar-refractivity contribution in [1.29, 1.82) is 0 Å². The first-order valence-corrected chi connectivity index (χ1v) is 5.91. The van der Waals surface area contributed by atoms with Crippen LogP contribution in [0.25, 0.3) is 0 Å². The van der Waals surface area contributed by atoms with E-state index in [9.17, 15) is 9.59 Å². The number of aromatic amines is 1. The van der Waals surface area contributed by atoms with Gasteiger partial charge in [-0.05, 0) is 6.42 Å². The van der Waals surface area contributed by atoms with Gasteiger partial charge in [-0.3, -0.25) is 14.9 Å². The normalized spacial score (nSPS) is 18.1. The van der Waals surface area contributed by atoms with E-state index < -0.39 is 5.97 Å². The van der Waals surface area contributed by atoms with Gasteiger partial charge in [0.05, 0.1) is 23.8 Å². The molecule has 0 saturated heterocycles. The highest BCUT2D eigenvalue weighted by atomic mass is 16.4. The topological polar surface area (TPSA) is 107 Å². The Labute approximate surface area is 104 Å². The Balaban J connectivity index is 1.75. The molecule has 1 amide bonds. The van der Waals surface area contributed by atoms with Crippen molar-refractivity contribution in [1.82, 2.24) is 20.6 Å². The first-order chi connectivity index (χ1) is 8.66. The maximum absolute atomic E-state index is 11.8. The highest BCUT2D eigenvalue weighted by Gasteiger charge is 2.25. The van der Waals surface area contributed by atoms with E-state index >= 15 is 0 Å². The zero-order chi connectivity index (χ0) is 13.0. The lowest BCUT2D eigenvalue weighted by molar-refractivity contribution is -0.137. The summed E-state index contributed by atoms with van der Waals surface area (Å²) in [5.41, 5.74) is 1.93. The summed E-state index contributed by atoms with van der Waals surface area (Å²) in [6, 6.07) is -0.286.